The number of nitrogens with zero attached hydrogens (tertiary/aromatic N) is 2. The number of likely N-dealkylation sites (N-methyl/N-ethyl adjacent to an activating group) is 1. The van der Waals surface area contributed by atoms with Crippen molar-refractivity contribution in [3.05, 3.63) is 21.0 Å². The van der Waals surface area contributed by atoms with E-state index in [-0.39, 0.29) is 5.56 Å². The molecule has 0 unspecified atom stereocenters. The van der Waals surface area contributed by atoms with E-state index in [4.69, 9.17) is 0 Å². The van der Waals surface area contributed by atoms with Crippen LogP contribution in [0.2, 0.25) is 0 Å². The summed E-state index contributed by atoms with van der Waals surface area (Å²) in [6.45, 7) is 9.38. The van der Waals surface area contributed by atoms with Crippen molar-refractivity contribution in [2.24, 2.45) is 5.92 Å². The topological polar surface area (TPSA) is 59.0 Å². The molecule has 1 aromatic rings. The van der Waals surface area contributed by atoms with E-state index in [1.54, 1.807) is 6.20 Å². The minimum absolute atomic E-state index is 0.0860. The molecular formula is C12H21BrN4O. The molecule has 18 heavy (non-hydrogen) atoms. The van der Waals surface area contributed by atoms with Gasteiger partial charge < -0.3 is 10.6 Å². The van der Waals surface area contributed by atoms with Crippen LogP contribution in [0.1, 0.15) is 20.8 Å². The van der Waals surface area contributed by atoms with Crippen molar-refractivity contribution in [3.63, 3.8) is 0 Å². The maximum Gasteiger partial charge on any atom is 0.283 e. The van der Waals surface area contributed by atoms with Crippen LogP contribution >= 0.6 is 15.9 Å². The van der Waals surface area contributed by atoms with E-state index in [0.717, 1.165) is 25.3 Å². The van der Waals surface area contributed by atoms with Crippen LogP contribution in [0.4, 0.5) is 5.69 Å². The van der Waals surface area contributed by atoms with Crippen LogP contribution in [-0.4, -0.2) is 29.4 Å². The fourth-order valence-electron chi connectivity index (χ4n) is 1.53. The van der Waals surface area contributed by atoms with Crippen LogP contribution in [0.15, 0.2) is 15.5 Å². The van der Waals surface area contributed by atoms with E-state index in [1.807, 2.05) is 0 Å². The number of nitrogens with one attached hydrogen (secondary N) is 2. The maximum atomic E-state index is 12.0. The van der Waals surface area contributed by atoms with Crippen molar-refractivity contribution in [2.45, 2.75) is 27.3 Å². The van der Waals surface area contributed by atoms with Gasteiger partial charge in [-0.3, -0.25) is 4.79 Å². The smallest absolute Gasteiger partial charge is 0.283 e. The molecule has 0 saturated heterocycles. The third-order valence-electron chi connectivity index (χ3n) is 2.39. The molecule has 0 aromatic carbocycles. The van der Waals surface area contributed by atoms with Crippen molar-refractivity contribution in [3.8, 4) is 0 Å². The van der Waals surface area contributed by atoms with Crippen LogP contribution in [0, 0.1) is 5.92 Å². The predicted octanol–water partition coefficient (Wildman–Crippen LogP) is 1.68. The Labute approximate surface area is 116 Å². The number of aromatic nitrogens is 2. The number of hydrogen-bond donors (Lipinski definition) is 2. The van der Waals surface area contributed by atoms with E-state index in [9.17, 15) is 4.79 Å². The highest BCUT2D eigenvalue weighted by atomic mass is 79.9. The highest BCUT2D eigenvalue weighted by Gasteiger charge is 2.09. The lowest BCUT2D eigenvalue weighted by atomic mass is 10.2. The van der Waals surface area contributed by atoms with Gasteiger partial charge in [-0.15, -0.1) is 0 Å². The SMILES string of the molecule is CCNCCNc1cnn(CC(C)C)c(=O)c1Br. The standard InChI is InChI=1S/C12H21BrN4O/c1-4-14-5-6-15-10-7-16-17(8-9(2)3)12(18)11(10)13/h7,9,14-15H,4-6,8H2,1-3H3. The molecule has 0 saturated carbocycles. The van der Waals surface area contributed by atoms with Crippen LogP contribution < -0.4 is 16.2 Å². The minimum atomic E-state index is -0.0860. The van der Waals surface area contributed by atoms with Gasteiger partial charge in [0.25, 0.3) is 5.56 Å². The second-order valence-electron chi connectivity index (χ2n) is 4.53. The van der Waals surface area contributed by atoms with Gasteiger partial charge in [-0.1, -0.05) is 20.8 Å². The average Bonchev–Trinajstić information content (AvgIpc) is 2.32. The van der Waals surface area contributed by atoms with E-state index in [1.165, 1.54) is 4.68 Å². The highest BCUT2D eigenvalue weighted by molar-refractivity contribution is 9.10. The van der Waals surface area contributed by atoms with Gasteiger partial charge in [0.05, 0.1) is 11.9 Å². The van der Waals surface area contributed by atoms with Crippen LogP contribution in [0.25, 0.3) is 0 Å². The lowest BCUT2D eigenvalue weighted by molar-refractivity contribution is 0.462. The Morgan fingerprint density at radius 3 is 2.78 bits per heavy atom. The molecule has 1 rings (SSSR count). The largest absolute Gasteiger partial charge is 0.381 e. The third kappa shape index (κ3) is 4.42. The summed E-state index contributed by atoms with van der Waals surface area (Å²) in [5.41, 5.74) is 0.662. The van der Waals surface area contributed by atoms with Gasteiger partial charge in [-0.25, -0.2) is 4.68 Å². The summed E-state index contributed by atoms with van der Waals surface area (Å²) >= 11 is 3.33. The first-order chi connectivity index (χ1) is 8.56. The summed E-state index contributed by atoms with van der Waals surface area (Å²) in [6, 6.07) is 0. The van der Waals surface area contributed by atoms with Gasteiger partial charge >= 0.3 is 0 Å². The summed E-state index contributed by atoms with van der Waals surface area (Å²) in [6.07, 6.45) is 1.69. The fourth-order valence-corrected chi connectivity index (χ4v) is 1.97. The third-order valence-corrected chi connectivity index (χ3v) is 3.16. The molecule has 0 fully saturated rings. The molecule has 2 N–H and O–H groups in total. The minimum Gasteiger partial charge on any atom is -0.381 e. The van der Waals surface area contributed by atoms with Gasteiger partial charge in [0, 0.05) is 19.6 Å². The average molecular weight is 317 g/mol. The van der Waals surface area contributed by atoms with E-state index < -0.39 is 0 Å². The molecular weight excluding hydrogens is 296 g/mol. The zero-order valence-corrected chi connectivity index (χ0v) is 12.7. The summed E-state index contributed by atoms with van der Waals surface area (Å²) in [5.74, 6) is 0.398. The molecule has 1 aromatic heterocycles. The molecule has 0 amide bonds. The van der Waals surface area contributed by atoms with Gasteiger partial charge in [0.1, 0.15) is 4.47 Å². The summed E-state index contributed by atoms with van der Waals surface area (Å²) in [5, 5.41) is 10.6. The number of halogens is 1. The molecule has 0 spiro atoms. The lowest BCUT2D eigenvalue weighted by Gasteiger charge is -2.11. The second kappa shape index (κ2) is 7.53. The summed E-state index contributed by atoms with van der Waals surface area (Å²) in [4.78, 5) is 12.0. The zero-order chi connectivity index (χ0) is 13.5. The zero-order valence-electron chi connectivity index (χ0n) is 11.2. The highest BCUT2D eigenvalue weighted by Crippen LogP contribution is 2.15. The van der Waals surface area contributed by atoms with Gasteiger partial charge in [-0.2, -0.15) is 5.10 Å². The number of rotatable bonds is 7. The van der Waals surface area contributed by atoms with E-state index >= 15 is 0 Å². The Hall–Kier alpha value is -0.880. The van der Waals surface area contributed by atoms with Crippen LogP contribution in [0.5, 0.6) is 0 Å². The molecule has 0 bridgehead atoms. The molecule has 0 aliphatic carbocycles. The molecule has 1 heterocycles. The fraction of sp³-hybridized carbons (Fsp3) is 0.667. The van der Waals surface area contributed by atoms with Crippen molar-refractivity contribution in [1.82, 2.24) is 15.1 Å². The lowest BCUT2D eigenvalue weighted by Crippen LogP contribution is -2.27. The molecule has 102 valence electrons. The summed E-state index contributed by atoms with van der Waals surface area (Å²) in [7, 11) is 0. The van der Waals surface area contributed by atoms with Crippen molar-refractivity contribution < 1.29 is 0 Å². The first-order valence-electron chi connectivity index (χ1n) is 6.26. The number of hydrogen-bond acceptors (Lipinski definition) is 4. The van der Waals surface area contributed by atoms with E-state index in [2.05, 4.69) is 52.4 Å². The second-order valence-corrected chi connectivity index (χ2v) is 5.33. The van der Waals surface area contributed by atoms with Crippen molar-refractivity contribution >= 4 is 21.6 Å². The molecule has 0 aliphatic heterocycles. The first-order valence-corrected chi connectivity index (χ1v) is 7.05. The van der Waals surface area contributed by atoms with Crippen molar-refractivity contribution in [1.29, 1.82) is 0 Å². The predicted molar refractivity (Wildman–Crippen MR) is 78.1 cm³/mol. The Morgan fingerprint density at radius 1 is 1.44 bits per heavy atom. The molecule has 0 aliphatic rings. The monoisotopic (exact) mass is 316 g/mol. The Balaban J connectivity index is 2.72. The quantitative estimate of drug-likeness (QED) is 0.751. The normalized spacial score (nSPS) is 10.9. The van der Waals surface area contributed by atoms with E-state index in [0.29, 0.717) is 16.9 Å². The van der Waals surface area contributed by atoms with Crippen LogP contribution in [-0.2, 0) is 6.54 Å². The van der Waals surface area contributed by atoms with Crippen LogP contribution in [0.3, 0.4) is 0 Å². The molecule has 0 radical (unpaired) electrons. The molecule has 6 heteroatoms. The Bertz CT molecular complexity index is 431. The molecule has 0 atom stereocenters. The number of anilines is 1. The Kier molecular flexibility index (Phi) is 6.35. The van der Waals surface area contributed by atoms with Gasteiger partial charge in [-0.05, 0) is 28.4 Å². The van der Waals surface area contributed by atoms with Gasteiger partial charge in [0.2, 0.25) is 0 Å². The first kappa shape index (κ1) is 15.2. The van der Waals surface area contributed by atoms with Gasteiger partial charge in [0.15, 0.2) is 0 Å². The molecule has 5 nitrogen and oxygen atoms in total. The summed E-state index contributed by atoms with van der Waals surface area (Å²) < 4.78 is 2.04. The maximum absolute atomic E-state index is 12.0. The Morgan fingerprint density at radius 2 is 2.17 bits per heavy atom. The van der Waals surface area contributed by atoms with Crippen molar-refractivity contribution in [2.75, 3.05) is 25.0 Å².